The lowest BCUT2D eigenvalue weighted by atomic mass is 10.1. The first-order valence-corrected chi connectivity index (χ1v) is 4.13. The van der Waals surface area contributed by atoms with Crippen molar-refractivity contribution in [2.75, 3.05) is 0 Å². The molecule has 0 atom stereocenters. The average molecular weight is 205 g/mol. The predicted octanol–water partition coefficient (Wildman–Crippen LogP) is 0.910. The second-order valence-corrected chi connectivity index (χ2v) is 2.73. The van der Waals surface area contributed by atoms with Gasteiger partial charge in [0.2, 0.25) is 5.91 Å². The molecule has 0 spiro atoms. The molecule has 0 heterocycles. The molecule has 0 unspecified atom stereocenters. The molecular weight excluding hydrogens is 194 g/mol. The maximum absolute atomic E-state index is 10.4. The second-order valence-electron chi connectivity index (χ2n) is 2.73. The number of carbonyl (C=O) groups excluding carboxylic acids is 3. The third kappa shape index (κ3) is 6.93. The lowest BCUT2D eigenvalue weighted by Crippen LogP contribution is -2.04. The summed E-state index contributed by atoms with van der Waals surface area (Å²) >= 11 is 0. The number of carbonyl (C=O) groups is 1. The number of benzene rings is 1. The Bertz CT molecular complexity index is 373. The summed E-state index contributed by atoms with van der Waals surface area (Å²) in [6, 6.07) is 7.85. The van der Waals surface area contributed by atoms with E-state index in [0.717, 1.165) is 5.56 Å². The summed E-state index contributed by atoms with van der Waals surface area (Å²) in [7, 11) is 0. The van der Waals surface area contributed by atoms with Gasteiger partial charge in [-0.1, -0.05) is 29.8 Å². The molecule has 1 rings (SSSR count). The summed E-state index contributed by atoms with van der Waals surface area (Å²) in [5, 5.41) is 0. The van der Waals surface area contributed by atoms with Crippen molar-refractivity contribution < 1.29 is 14.4 Å². The van der Waals surface area contributed by atoms with E-state index in [2.05, 4.69) is 0 Å². The van der Waals surface area contributed by atoms with Crippen LogP contribution < -0.4 is 5.73 Å². The van der Waals surface area contributed by atoms with Gasteiger partial charge >= 0.3 is 6.15 Å². The lowest BCUT2D eigenvalue weighted by molar-refractivity contribution is -0.191. The van der Waals surface area contributed by atoms with Gasteiger partial charge < -0.3 is 5.73 Å². The Hall–Kier alpha value is -2.19. The average Bonchev–Trinajstić information content (AvgIpc) is 2.18. The molecule has 0 saturated carbocycles. The van der Waals surface area contributed by atoms with Crippen molar-refractivity contribution in [3.8, 4) is 0 Å². The van der Waals surface area contributed by atoms with E-state index in [0.29, 0.717) is 0 Å². The Morgan fingerprint density at radius 1 is 1.27 bits per heavy atom. The van der Waals surface area contributed by atoms with Gasteiger partial charge in [-0.15, -0.1) is 0 Å². The van der Waals surface area contributed by atoms with Crippen LogP contribution in [-0.4, -0.2) is 12.1 Å². The van der Waals surface area contributed by atoms with Crippen LogP contribution in [0.25, 0.3) is 6.08 Å². The largest absolute Gasteiger partial charge is 0.373 e. The highest BCUT2D eigenvalue weighted by molar-refractivity contribution is 5.90. The summed E-state index contributed by atoms with van der Waals surface area (Å²) in [5.41, 5.74) is 7.13. The van der Waals surface area contributed by atoms with Crippen LogP contribution in [-0.2, 0) is 14.4 Å². The third-order valence-corrected chi connectivity index (χ3v) is 1.52. The quantitative estimate of drug-likeness (QED) is 0.729. The van der Waals surface area contributed by atoms with Crippen molar-refractivity contribution in [1.29, 1.82) is 0 Å². The van der Waals surface area contributed by atoms with Crippen LogP contribution in [0, 0.1) is 6.92 Å². The Kier molecular flexibility index (Phi) is 6.18. The molecule has 0 radical (unpaired) electrons. The van der Waals surface area contributed by atoms with Gasteiger partial charge in [0.25, 0.3) is 0 Å². The maximum atomic E-state index is 10.4. The minimum Gasteiger partial charge on any atom is -0.366 e. The molecule has 1 aromatic carbocycles. The molecule has 0 aromatic heterocycles. The molecule has 0 saturated heterocycles. The van der Waals surface area contributed by atoms with E-state index >= 15 is 0 Å². The highest BCUT2D eigenvalue weighted by Gasteiger charge is 1.87. The van der Waals surface area contributed by atoms with Crippen molar-refractivity contribution in [2.24, 2.45) is 5.73 Å². The Morgan fingerprint density at radius 3 is 2.13 bits per heavy atom. The number of nitrogens with two attached hydrogens (primary N) is 1. The van der Waals surface area contributed by atoms with Crippen LogP contribution in [0.1, 0.15) is 11.1 Å². The minimum absolute atomic E-state index is 0.250. The van der Waals surface area contributed by atoms with Crippen molar-refractivity contribution in [3.63, 3.8) is 0 Å². The summed E-state index contributed by atoms with van der Waals surface area (Å²) < 4.78 is 0. The van der Waals surface area contributed by atoms with E-state index in [-0.39, 0.29) is 6.15 Å². The normalized spacial score (nSPS) is 8.87. The first-order valence-electron chi connectivity index (χ1n) is 4.13. The van der Waals surface area contributed by atoms with Crippen LogP contribution >= 0.6 is 0 Å². The van der Waals surface area contributed by atoms with E-state index in [1.807, 2.05) is 31.2 Å². The zero-order valence-electron chi connectivity index (χ0n) is 8.27. The number of hydrogen-bond acceptors (Lipinski definition) is 3. The van der Waals surface area contributed by atoms with E-state index < -0.39 is 5.91 Å². The van der Waals surface area contributed by atoms with E-state index in [1.54, 1.807) is 6.08 Å². The molecule has 4 heteroatoms. The molecule has 0 bridgehead atoms. The van der Waals surface area contributed by atoms with Crippen LogP contribution in [0.5, 0.6) is 0 Å². The van der Waals surface area contributed by atoms with E-state index in [4.69, 9.17) is 15.3 Å². The summed E-state index contributed by atoms with van der Waals surface area (Å²) in [5.74, 6) is -0.421. The molecule has 78 valence electrons. The van der Waals surface area contributed by atoms with E-state index in [1.165, 1.54) is 11.6 Å². The Labute approximate surface area is 87.4 Å². The molecule has 1 aromatic rings. The summed E-state index contributed by atoms with van der Waals surface area (Å²) in [4.78, 5) is 26.6. The van der Waals surface area contributed by atoms with Crippen molar-refractivity contribution >= 4 is 18.1 Å². The molecule has 15 heavy (non-hydrogen) atoms. The van der Waals surface area contributed by atoms with Gasteiger partial charge in [0.1, 0.15) is 0 Å². The number of hydrogen-bond donors (Lipinski definition) is 1. The van der Waals surface area contributed by atoms with Gasteiger partial charge in [-0.25, -0.2) is 0 Å². The van der Waals surface area contributed by atoms with Gasteiger partial charge in [-0.05, 0) is 18.6 Å². The van der Waals surface area contributed by atoms with E-state index in [9.17, 15) is 4.79 Å². The highest BCUT2D eigenvalue weighted by Crippen LogP contribution is 2.04. The molecule has 0 fully saturated rings. The third-order valence-electron chi connectivity index (χ3n) is 1.52. The number of rotatable bonds is 2. The van der Waals surface area contributed by atoms with Crippen molar-refractivity contribution in [1.82, 2.24) is 0 Å². The number of amides is 1. The number of aryl methyl sites for hydroxylation is 1. The monoisotopic (exact) mass is 205 g/mol. The fourth-order valence-corrected chi connectivity index (χ4v) is 0.856. The van der Waals surface area contributed by atoms with Crippen LogP contribution in [0.4, 0.5) is 0 Å². The molecule has 1 amide bonds. The topological polar surface area (TPSA) is 77.2 Å². The van der Waals surface area contributed by atoms with Crippen LogP contribution in [0.3, 0.4) is 0 Å². The summed E-state index contributed by atoms with van der Waals surface area (Å²) in [6.45, 7) is 2.02. The minimum atomic E-state index is -0.421. The molecule has 0 aliphatic rings. The zero-order chi connectivity index (χ0) is 11.7. The van der Waals surface area contributed by atoms with Crippen LogP contribution in [0.2, 0.25) is 0 Å². The SMILES string of the molecule is Cc1ccc(/C=C/C(N)=O)cc1.O=C=O. The number of primary amides is 1. The van der Waals surface area contributed by atoms with Gasteiger partial charge in [-0.2, -0.15) is 9.59 Å². The Balaban J connectivity index is 0.000000583. The van der Waals surface area contributed by atoms with Crippen molar-refractivity contribution in [2.45, 2.75) is 6.92 Å². The van der Waals surface area contributed by atoms with Gasteiger partial charge in [0.05, 0.1) is 0 Å². The molecule has 2 N–H and O–H groups in total. The fourth-order valence-electron chi connectivity index (χ4n) is 0.856. The molecule has 4 nitrogen and oxygen atoms in total. The van der Waals surface area contributed by atoms with Crippen LogP contribution in [0.15, 0.2) is 30.3 Å². The summed E-state index contributed by atoms with van der Waals surface area (Å²) in [6.07, 6.45) is 3.30. The molecule has 0 aliphatic heterocycles. The first-order chi connectivity index (χ1) is 7.10. The maximum Gasteiger partial charge on any atom is 0.373 e. The van der Waals surface area contributed by atoms with Gasteiger partial charge in [0, 0.05) is 6.08 Å². The molecular formula is C11H11NO3. The highest BCUT2D eigenvalue weighted by atomic mass is 16.2. The zero-order valence-corrected chi connectivity index (χ0v) is 8.27. The first kappa shape index (κ1) is 12.8. The lowest BCUT2D eigenvalue weighted by Gasteiger charge is -1.93. The van der Waals surface area contributed by atoms with Gasteiger partial charge in [0.15, 0.2) is 0 Å². The van der Waals surface area contributed by atoms with Crippen molar-refractivity contribution in [3.05, 3.63) is 41.5 Å². The Morgan fingerprint density at radius 2 is 1.73 bits per heavy atom. The predicted molar refractivity (Wildman–Crippen MR) is 54.4 cm³/mol. The fraction of sp³-hybridized carbons (Fsp3) is 0.0909. The van der Waals surface area contributed by atoms with Gasteiger partial charge in [-0.3, -0.25) is 4.79 Å². The second kappa shape index (κ2) is 7.24. The smallest absolute Gasteiger partial charge is 0.366 e. The molecule has 0 aliphatic carbocycles. The standard InChI is InChI=1S/C10H11NO.CO2/c1-8-2-4-9(5-3-8)6-7-10(11)12;2-1-3/h2-7H,1H3,(H2,11,12);/b7-6+;.